The third kappa shape index (κ3) is 5.15. The van der Waals surface area contributed by atoms with Gasteiger partial charge in [-0.25, -0.2) is 9.59 Å². The van der Waals surface area contributed by atoms with E-state index in [4.69, 9.17) is 9.84 Å². The summed E-state index contributed by atoms with van der Waals surface area (Å²) in [6.45, 7) is 6.62. The molecule has 7 nitrogen and oxygen atoms in total. The minimum atomic E-state index is -1.10. The molecule has 0 fully saturated rings. The van der Waals surface area contributed by atoms with Crippen molar-refractivity contribution in [2.75, 3.05) is 20.2 Å². The molecule has 0 aliphatic heterocycles. The maximum Gasteiger partial charge on any atom is 0.326 e. The normalized spacial score (nSPS) is 11.9. The summed E-state index contributed by atoms with van der Waals surface area (Å²) in [6, 6.07) is -1.71. The number of esters is 1. The average molecular weight is 274 g/mol. The molecular weight excluding hydrogens is 252 g/mol. The van der Waals surface area contributed by atoms with E-state index >= 15 is 0 Å². The molecule has 1 unspecified atom stereocenters. The van der Waals surface area contributed by atoms with Gasteiger partial charge in [-0.1, -0.05) is 0 Å². The zero-order chi connectivity index (χ0) is 15.2. The molecule has 7 heteroatoms. The molecule has 0 aromatic heterocycles. The highest BCUT2D eigenvalue weighted by Crippen LogP contribution is 2.07. The number of amides is 2. The van der Waals surface area contributed by atoms with Crippen molar-refractivity contribution in [1.82, 2.24) is 9.80 Å². The van der Waals surface area contributed by atoms with Gasteiger partial charge in [-0.3, -0.25) is 4.79 Å². The van der Waals surface area contributed by atoms with Crippen molar-refractivity contribution in [3.05, 3.63) is 0 Å². The number of hydrogen-bond donors (Lipinski definition) is 1. The van der Waals surface area contributed by atoms with Crippen molar-refractivity contribution in [2.45, 2.75) is 39.8 Å². The molecule has 0 radical (unpaired) electrons. The summed E-state index contributed by atoms with van der Waals surface area (Å²) in [5.74, 6) is -1.61. The fourth-order valence-electron chi connectivity index (χ4n) is 1.35. The van der Waals surface area contributed by atoms with Gasteiger partial charge in [0.25, 0.3) is 0 Å². The van der Waals surface area contributed by atoms with Crippen LogP contribution in [-0.4, -0.2) is 65.2 Å². The van der Waals surface area contributed by atoms with Crippen LogP contribution < -0.4 is 0 Å². The minimum Gasteiger partial charge on any atom is -0.480 e. The Morgan fingerprint density at radius 2 is 1.74 bits per heavy atom. The highest BCUT2D eigenvalue weighted by atomic mass is 16.5. The van der Waals surface area contributed by atoms with E-state index in [1.54, 1.807) is 20.8 Å². The molecule has 0 aromatic carbocycles. The average Bonchev–Trinajstić information content (AvgIpc) is 2.33. The van der Waals surface area contributed by atoms with Crippen LogP contribution in [0.15, 0.2) is 0 Å². The number of rotatable bonds is 6. The summed E-state index contributed by atoms with van der Waals surface area (Å²) >= 11 is 0. The maximum atomic E-state index is 12.2. The fourth-order valence-corrected chi connectivity index (χ4v) is 1.35. The highest BCUT2D eigenvalue weighted by Gasteiger charge is 2.28. The fraction of sp³-hybridized carbons (Fsp3) is 0.750. The Kier molecular flexibility index (Phi) is 6.89. The third-order valence-corrected chi connectivity index (χ3v) is 2.71. The molecule has 0 rings (SSSR count). The first-order valence-corrected chi connectivity index (χ1v) is 6.14. The Morgan fingerprint density at radius 1 is 1.21 bits per heavy atom. The van der Waals surface area contributed by atoms with Crippen LogP contribution in [-0.2, 0) is 14.3 Å². The Bertz CT molecular complexity index is 343. The molecule has 1 atom stereocenters. The smallest absolute Gasteiger partial charge is 0.326 e. The predicted octanol–water partition coefficient (Wildman–Crippen LogP) is 0.785. The summed E-state index contributed by atoms with van der Waals surface area (Å²) in [5.41, 5.74) is 0. The van der Waals surface area contributed by atoms with E-state index in [0.29, 0.717) is 0 Å². The number of carbonyl (C=O) groups excluding carboxylic acids is 2. The van der Waals surface area contributed by atoms with Crippen LogP contribution in [0.25, 0.3) is 0 Å². The number of carboxylic acid groups (broad SMARTS) is 1. The highest BCUT2D eigenvalue weighted by molar-refractivity contribution is 5.85. The van der Waals surface area contributed by atoms with E-state index in [2.05, 4.69) is 0 Å². The van der Waals surface area contributed by atoms with Crippen LogP contribution in [0, 0.1) is 0 Å². The summed E-state index contributed by atoms with van der Waals surface area (Å²) < 4.78 is 4.79. The monoisotopic (exact) mass is 274 g/mol. The first kappa shape index (κ1) is 17.2. The van der Waals surface area contributed by atoms with Crippen molar-refractivity contribution >= 4 is 18.0 Å². The molecule has 0 saturated carbocycles. The van der Waals surface area contributed by atoms with Crippen molar-refractivity contribution in [2.24, 2.45) is 0 Å². The van der Waals surface area contributed by atoms with Gasteiger partial charge in [0.1, 0.15) is 12.6 Å². The SMILES string of the molecule is CCOC(=O)CN(C(=O)N(C)C(C)C(=O)O)C(C)C. The zero-order valence-corrected chi connectivity index (χ0v) is 12.0. The standard InChI is InChI=1S/C12H22N2O5/c1-6-19-10(15)7-14(8(2)3)12(18)13(5)9(4)11(16)17/h8-9H,6-7H2,1-5H3,(H,16,17). The van der Waals surface area contributed by atoms with E-state index < -0.39 is 24.0 Å². The summed E-state index contributed by atoms with van der Waals surface area (Å²) in [7, 11) is 1.39. The topological polar surface area (TPSA) is 87.2 Å². The number of hydrogen-bond acceptors (Lipinski definition) is 4. The molecule has 0 heterocycles. The quantitative estimate of drug-likeness (QED) is 0.723. The second-order valence-electron chi connectivity index (χ2n) is 4.43. The number of nitrogens with zero attached hydrogens (tertiary/aromatic N) is 2. The molecule has 0 spiro atoms. The molecule has 0 aromatic rings. The lowest BCUT2D eigenvalue weighted by atomic mass is 10.3. The van der Waals surface area contributed by atoms with Crippen LogP contribution in [0.4, 0.5) is 4.79 Å². The van der Waals surface area contributed by atoms with Crippen LogP contribution in [0.1, 0.15) is 27.7 Å². The lowest BCUT2D eigenvalue weighted by Gasteiger charge is -2.32. The van der Waals surface area contributed by atoms with Gasteiger partial charge in [-0.05, 0) is 27.7 Å². The lowest BCUT2D eigenvalue weighted by Crippen LogP contribution is -2.51. The Morgan fingerprint density at radius 3 is 2.11 bits per heavy atom. The molecule has 0 aliphatic rings. The van der Waals surface area contributed by atoms with Gasteiger partial charge >= 0.3 is 18.0 Å². The number of carboxylic acids is 1. The molecule has 2 amide bonds. The molecule has 0 bridgehead atoms. The summed E-state index contributed by atoms with van der Waals surface area (Å²) in [5, 5.41) is 8.88. The second-order valence-corrected chi connectivity index (χ2v) is 4.43. The van der Waals surface area contributed by atoms with Crippen molar-refractivity contribution < 1.29 is 24.2 Å². The number of aliphatic carboxylic acids is 1. The van der Waals surface area contributed by atoms with E-state index in [-0.39, 0.29) is 19.2 Å². The first-order valence-electron chi connectivity index (χ1n) is 6.14. The Labute approximate surface area is 113 Å². The van der Waals surface area contributed by atoms with E-state index in [0.717, 1.165) is 4.90 Å². The molecule has 0 aliphatic carbocycles. The van der Waals surface area contributed by atoms with Crippen LogP contribution in [0.3, 0.4) is 0 Å². The van der Waals surface area contributed by atoms with Gasteiger partial charge in [0, 0.05) is 13.1 Å². The largest absolute Gasteiger partial charge is 0.480 e. The van der Waals surface area contributed by atoms with Gasteiger partial charge in [0.15, 0.2) is 0 Å². The number of likely N-dealkylation sites (N-methyl/N-ethyl adjacent to an activating group) is 1. The number of carbonyl (C=O) groups is 3. The van der Waals surface area contributed by atoms with E-state index in [1.807, 2.05) is 0 Å². The van der Waals surface area contributed by atoms with Crippen molar-refractivity contribution in [1.29, 1.82) is 0 Å². The Hall–Kier alpha value is -1.79. The zero-order valence-electron chi connectivity index (χ0n) is 12.0. The predicted molar refractivity (Wildman–Crippen MR) is 68.7 cm³/mol. The van der Waals surface area contributed by atoms with Gasteiger partial charge in [-0.15, -0.1) is 0 Å². The number of ether oxygens (including phenoxy) is 1. The van der Waals surface area contributed by atoms with Crippen LogP contribution >= 0.6 is 0 Å². The molecule has 19 heavy (non-hydrogen) atoms. The maximum absolute atomic E-state index is 12.2. The van der Waals surface area contributed by atoms with Gasteiger partial charge in [0.05, 0.1) is 6.61 Å². The number of urea groups is 1. The minimum absolute atomic E-state index is 0.193. The summed E-state index contributed by atoms with van der Waals surface area (Å²) in [4.78, 5) is 36.8. The van der Waals surface area contributed by atoms with E-state index in [9.17, 15) is 14.4 Å². The van der Waals surface area contributed by atoms with E-state index in [1.165, 1.54) is 18.9 Å². The molecule has 0 saturated heterocycles. The van der Waals surface area contributed by atoms with Gasteiger partial charge in [-0.2, -0.15) is 0 Å². The third-order valence-electron chi connectivity index (χ3n) is 2.71. The summed E-state index contributed by atoms with van der Waals surface area (Å²) in [6.07, 6.45) is 0. The van der Waals surface area contributed by atoms with Crippen molar-refractivity contribution in [3.8, 4) is 0 Å². The van der Waals surface area contributed by atoms with Gasteiger partial charge < -0.3 is 19.6 Å². The second kappa shape index (κ2) is 7.60. The molecular formula is C12H22N2O5. The molecule has 1 N–H and O–H groups in total. The molecule has 110 valence electrons. The first-order chi connectivity index (χ1) is 8.72. The van der Waals surface area contributed by atoms with Crippen molar-refractivity contribution in [3.63, 3.8) is 0 Å². The van der Waals surface area contributed by atoms with Gasteiger partial charge in [0.2, 0.25) is 0 Å². The van der Waals surface area contributed by atoms with Crippen LogP contribution in [0.5, 0.6) is 0 Å². The van der Waals surface area contributed by atoms with Crippen LogP contribution in [0.2, 0.25) is 0 Å². The Balaban J connectivity index is 4.84. The lowest BCUT2D eigenvalue weighted by molar-refractivity contribution is -0.144.